The van der Waals surface area contributed by atoms with Crippen molar-refractivity contribution in [2.45, 2.75) is 6.92 Å². The normalized spacial score (nSPS) is 10.8. The first-order valence-corrected chi connectivity index (χ1v) is 5.88. The number of hydrazone groups is 1. The average Bonchev–Trinajstić information content (AvgIpc) is 2.36. The van der Waals surface area contributed by atoms with Crippen molar-refractivity contribution in [3.63, 3.8) is 0 Å². The van der Waals surface area contributed by atoms with Crippen LogP contribution in [0.25, 0.3) is 0 Å². The summed E-state index contributed by atoms with van der Waals surface area (Å²) in [6, 6.07) is 12.6. The molecule has 0 aliphatic rings. The van der Waals surface area contributed by atoms with Gasteiger partial charge in [0.2, 0.25) is 0 Å². The van der Waals surface area contributed by atoms with Gasteiger partial charge in [0.15, 0.2) is 0 Å². The predicted octanol–water partition coefficient (Wildman–Crippen LogP) is 3.80. The third-order valence-electron chi connectivity index (χ3n) is 2.51. The molecule has 0 heterocycles. The molecule has 2 N–H and O–H groups in total. The molecule has 0 aliphatic heterocycles. The monoisotopic (exact) mass is 260 g/mol. The molecule has 18 heavy (non-hydrogen) atoms. The number of aryl methyl sites for hydroxylation is 1. The van der Waals surface area contributed by atoms with E-state index in [9.17, 15) is 5.11 Å². The third kappa shape index (κ3) is 3.02. The minimum atomic E-state index is 0.199. The molecule has 2 aromatic carbocycles. The number of rotatable bonds is 3. The molecule has 4 heteroatoms. The molecule has 0 atom stereocenters. The number of phenolic OH excluding ortho intramolecular Hbond substituents is 1. The lowest BCUT2D eigenvalue weighted by Gasteiger charge is -2.03. The first kappa shape index (κ1) is 12.5. The number of benzene rings is 2. The van der Waals surface area contributed by atoms with Crippen molar-refractivity contribution in [2.24, 2.45) is 5.10 Å². The zero-order chi connectivity index (χ0) is 13.0. The summed E-state index contributed by atoms with van der Waals surface area (Å²) in [5, 5.41) is 14.3. The maximum absolute atomic E-state index is 9.55. The van der Waals surface area contributed by atoms with Gasteiger partial charge in [-0.1, -0.05) is 29.8 Å². The highest BCUT2D eigenvalue weighted by Gasteiger charge is 1.97. The van der Waals surface area contributed by atoms with Crippen LogP contribution in [-0.4, -0.2) is 11.3 Å². The molecular formula is C14H13ClN2O. The Labute approximate surface area is 111 Å². The molecular weight excluding hydrogens is 248 g/mol. The number of hydrogen-bond acceptors (Lipinski definition) is 3. The highest BCUT2D eigenvalue weighted by molar-refractivity contribution is 6.31. The Morgan fingerprint density at radius 1 is 1.22 bits per heavy atom. The van der Waals surface area contributed by atoms with Gasteiger partial charge in [-0.3, -0.25) is 5.43 Å². The zero-order valence-corrected chi connectivity index (χ0v) is 10.6. The summed E-state index contributed by atoms with van der Waals surface area (Å²) < 4.78 is 0. The van der Waals surface area contributed by atoms with Gasteiger partial charge in [0.25, 0.3) is 0 Å². The molecule has 0 bridgehead atoms. The van der Waals surface area contributed by atoms with Crippen LogP contribution in [0.5, 0.6) is 5.75 Å². The van der Waals surface area contributed by atoms with Crippen molar-refractivity contribution in [2.75, 3.05) is 5.43 Å². The molecule has 2 aromatic rings. The number of nitrogens with zero attached hydrogens (tertiary/aromatic N) is 1. The van der Waals surface area contributed by atoms with Crippen molar-refractivity contribution in [3.05, 3.63) is 58.6 Å². The van der Waals surface area contributed by atoms with Gasteiger partial charge in [-0.25, -0.2) is 0 Å². The second-order valence-corrected chi connectivity index (χ2v) is 4.30. The Hall–Kier alpha value is -2.00. The van der Waals surface area contributed by atoms with Crippen molar-refractivity contribution in [1.82, 2.24) is 0 Å². The number of nitrogens with one attached hydrogen (secondary N) is 1. The summed E-state index contributed by atoms with van der Waals surface area (Å²) in [4.78, 5) is 0. The minimum absolute atomic E-state index is 0.199. The number of para-hydroxylation sites is 1. The molecule has 0 saturated heterocycles. The van der Waals surface area contributed by atoms with Crippen LogP contribution in [0.4, 0.5) is 5.69 Å². The quantitative estimate of drug-likeness (QED) is 0.651. The zero-order valence-electron chi connectivity index (χ0n) is 9.89. The van der Waals surface area contributed by atoms with Crippen molar-refractivity contribution in [1.29, 1.82) is 0 Å². The predicted molar refractivity (Wildman–Crippen MR) is 75.5 cm³/mol. The number of hydrogen-bond donors (Lipinski definition) is 2. The van der Waals surface area contributed by atoms with E-state index in [4.69, 9.17) is 11.6 Å². The molecule has 92 valence electrons. The molecule has 2 rings (SSSR count). The van der Waals surface area contributed by atoms with E-state index in [0.717, 1.165) is 11.3 Å². The van der Waals surface area contributed by atoms with E-state index in [1.807, 2.05) is 25.1 Å². The first-order valence-electron chi connectivity index (χ1n) is 5.50. The van der Waals surface area contributed by atoms with E-state index in [0.29, 0.717) is 10.6 Å². The fraction of sp³-hybridized carbons (Fsp3) is 0.0714. The topological polar surface area (TPSA) is 44.6 Å². The highest BCUT2D eigenvalue weighted by atomic mass is 35.5. The van der Waals surface area contributed by atoms with Gasteiger partial charge in [-0.15, -0.1) is 0 Å². The number of anilines is 1. The van der Waals surface area contributed by atoms with E-state index in [1.54, 1.807) is 30.5 Å². The number of halogens is 1. The van der Waals surface area contributed by atoms with E-state index < -0.39 is 0 Å². The van der Waals surface area contributed by atoms with Crippen LogP contribution >= 0.6 is 11.6 Å². The van der Waals surface area contributed by atoms with E-state index >= 15 is 0 Å². The largest absolute Gasteiger partial charge is 0.507 e. The second kappa shape index (κ2) is 5.56. The summed E-state index contributed by atoms with van der Waals surface area (Å²) >= 11 is 6.00. The van der Waals surface area contributed by atoms with Gasteiger partial charge in [-0.2, -0.15) is 5.10 Å². The van der Waals surface area contributed by atoms with Crippen LogP contribution in [0.3, 0.4) is 0 Å². The first-order chi connectivity index (χ1) is 8.66. The van der Waals surface area contributed by atoms with Crippen LogP contribution in [0.15, 0.2) is 47.6 Å². The van der Waals surface area contributed by atoms with E-state index in [-0.39, 0.29) is 5.75 Å². The summed E-state index contributed by atoms with van der Waals surface area (Å²) in [5.41, 5.74) is 5.34. The Morgan fingerprint density at radius 2 is 2.00 bits per heavy atom. The van der Waals surface area contributed by atoms with Crippen molar-refractivity contribution >= 4 is 23.5 Å². The van der Waals surface area contributed by atoms with Crippen molar-refractivity contribution in [3.8, 4) is 5.75 Å². The van der Waals surface area contributed by atoms with E-state index in [1.165, 1.54) is 0 Å². The van der Waals surface area contributed by atoms with Gasteiger partial charge in [-0.05, 0) is 36.8 Å². The molecule has 0 amide bonds. The van der Waals surface area contributed by atoms with Crippen LogP contribution < -0.4 is 5.43 Å². The van der Waals surface area contributed by atoms with Crippen LogP contribution in [0, 0.1) is 6.92 Å². The third-order valence-corrected chi connectivity index (χ3v) is 2.91. The lowest BCUT2D eigenvalue weighted by atomic mass is 10.2. The van der Waals surface area contributed by atoms with Crippen LogP contribution in [0.2, 0.25) is 5.02 Å². The molecule has 0 spiro atoms. The highest BCUT2D eigenvalue weighted by Crippen LogP contribution is 2.20. The number of phenols is 1. The Balaban J connectivity index is 2.07. The molecule has 0 aromatic heterocycles. The molecule has 0 fully saturated rings. The van der Waals surface area contributed by atoms with Crippen molar-refractivity contribution < 1.29 is 5.11 Å². The van der Waals surface area contributed by atoms with Gasteiger partial charge in [0.05, 0.1) is 11.9 Å². The fourth-order valence-electron chi connectivity index (χ4n) is 1.44. The maximum atomic E-state index is 9.55. The summed E-state index contributed by atoms with van der Waals surface area (Å²) in [5.74, 6) is 0.199. The van der Waals surface area contributed by atoms with Gasteiger partial charge >= 0.3 is 0 Å². The lowest BCUT2D eigenvalue weighted by molar-refractivity contribution is 0.474. The van der Waals surface area contributed by atoms with Gasteiger partial charge in [0.1, 0.15) is 5.75 Å². The second-order valence-electron chi connectivity index (χ2n) is 3.89. The summed E-state index contributed by atoms with van der Waals surface area (Å²) in [6.07, 6.45) is 1.56. The smallest absolute Gasteiger partial charge is 0.124 e. The van der Waals surface area contributed by atoms with Gasteiger partial charge in [0, 0.05) is 10.6 Å². The Kier molecular flexibility index (Phi) is 3.85. The molecule has 3 nitrogen and oxygen atoms in total. The molecule has 0 saturated carbocycles. The standard InChI is InChI=1S/C14H13ClN2O/c1-10-6-7-12(8-13(10)15)17-16-9-11-4-2-3-5-14(11)18/h2-9,17-18H,1H3/b16-9+. The SMILES string of the molecule is Cc1ccc(N/N=C/c2ccccc2O)cc1Cl. The Morgan fingerprint density at radius 3 is 2.72 bits per heavy atom. The molecule has 0 radical (unpaired) electrons. The summed E-state index contributed by atoms with van der Waals surface area (Å²) in [7, 11) is 0. The fourth-order valence-corrected chi connectivity index (χ4v) is 1.62. The molecule has 0 unspecified atom stereocenters. The van der Waals surface area contributed by atoms with Crippen LogP contribution in [0.1, 0.15) is 11.1 Å². The maximum Gasteiger partial charge on any atom is 0.124 e. The van der Waals surface area contributed by atoms with Crippen LogP contribution in [-0.2, 0) is 0 Å². The summed E-state index contributed by atoms with van der Waals surface area (Å²) in [6.45, 7) is 1.94. The van der Waals surface area contributed by atoms with Gasteiger partial charge < -0.3 is 5.11 Å². The number of aromatic hydroxyl groups is 1. The lowest BCUT2D eigenvalue weighted by Crippen LogP contribution is -1.91. The Bertz CT molecular complexity index is 582. The minimum Gasteiger partial charge on any atom is -0.507 e. The average molecular weight is 261 g/mol. The van der Waals surface area contributed by atoms with E-state index in [2.05, 4.69) is 10.5 Å². The molecule has 0 aliphatic carbocycles.